The molecule has 1 aromatic carbocycles. The van der Waals surface area contributed by atoms with E-state index >= 15 is 0 Å². The van der Waals surface area contributed by atoms with E-state index in [0.29, 0.717) is 12.0 Å². The third kappa shape index (κ3) is 2.40. The van der Waals surface area contributed by atoms with Gasteiger partial charge in [-0.3, -0.25) is 0 Å². The van der Waals surface area contributed by atoms with E-state index in [4.69, 9.17) is 5.11 Å². The molecule has 1 aliphatic rings. The van der Waals surface area contributed by atoms with Crippen molar-refractivity contribution in [3.63, 3.8) is 0 Å². The second-order valence-electron chi connectivity index (χ2n) is 4.66. The predicted octanol–water partition coefficient (Wildman–Crippen LogP) is 2.76. The monoisotopic (exact) mass is 237 g/mol. The summed E-state index contributed by atoms with van der Waals surface area (Å²) in [4.78, 5) is 12.7. The zero-order valence-corrected chi connectivity index (χ0v) is 9.98. The standard InChI is InChI=1S/C13H16FNO2/c1-8(9-3-4-9)15(2)10-5-6-11(13(16)17)12(14)7-10/h5-9H,3-4H2,1-2H3,(H,16,17). The first kappa shape index (κ1) is 11.9. The zero-order valence-electron chi connectivity index (χ0n) is 9.98. The molecule has 1 fully saturated rings. The quantitative estimate of drug-likeness (QED) is 0.875. The molecule has 0 aliphatic heterocycles. The fraction of sp³-hybridized carbons (Fsp3) is 0.462. The molecule has 0 bridgehead atoms. The van der Waals surface area contributed by atoms with Gasteiger partial charge in [0.2, 0.25) is 0 Å². The van der Waals surface area contributed by atoms with E-state index < -0.39 is 11.8 Å². The zero-order chi connectivity index (χ0) is 12.6. The number of halogens is 1. The van der Waals surface area contributed by atoms with Crippen molar-refractivity contribution in [2.45, 2.75) is 25.8 Å². The SMILES string of the molecule is CC(C1CC1)N(C)c1ccc(C(=O)O)c(F)c1. The van der Waals surface area contributed by atoms with Crippen LogP contribution in [0.25, 0.3) is 0 Å². The highest BCUT2D eigenvalue weighted by Crippen LogP contribution is 2.36. The molecule has 1 unspecified atom stereocenters. The van der Waals surface area contributed by atoms with Crippen molar-refractivity contribution >= 4 is 11.7 Å². The molecule has 0 radical (unpaired) electrons. The molecule has 1 N–H and O–H groups in total. The summed E-state index contributed by atoms with van der Waals surface area (Å²) >= 11 is 0. The van der Waals surface area contributed by atoms with E-state index in [1.165, 1.54) is 25.0 Å². The normalized spacial score (nSPS) is 16.6. The number of carboxylic acids is 1. The Morgan fingerprint density at radius 1 is 1.53 bits per heavy atom. The van der Waals surface area contributed by atoms with Gasteiger partial charge in [-0.15, -0.1) is 0 Å². The molecular formula is C13H16FNO2. The van der Waals surface area contributed by atoms with Gasteiger partial charge in [-0.1, -0.05) is 0 Å². The summed E-state index contributed by atoms with van der Waals surface area (Å²) in [6, 6.07) is 4.64. The Balaban J connectivity index is 2.21. The second-order valence-corrected chi connectivity index (χ2v) is 4.66. The summed E-state index contributed by atoms with van der Waals surface area (Å²) in [5.74, 6) is -1.22. The molecule has 17 heavy (non-hydrogen) atoms. The van der Waals surface area contributed by atoms with Crippen LogP contribution in [0.5, 0.6) is 0 Å². The lowest BCUT2D eigenvalue weighted by Crippen LogP contribution is -2.30. The number of carboxylic acid groups (broad SMARTS) is 1. The topological polar surface area (TPSA) is 40.5 Å². The van der Waals surface area contributed by atoms with Gasteiger partial charge in [-0.25, -0.2) is 9.18 Å². The van der Waals surface area contributed by atoms with Crippen LogP contribution in [0.4, 0.5) is 10.1 Å². The molecule has 3 nitrogen and oxygen atoms in total. The molecule has 1 aromatic rings. The van der Waals surface area contributed by atoms with E-state index in [1.807, 2.05) is 11.9 Å². The van der Waals surface area contributed by atoms with E-state index in [-0.39, 0.29) is 5.56 Å². The number of aromatic carboxylic acids is 1. The maximum absolute atomic E-state index is 13.5. The van der Waals surface area contributed by atoms with Crippen LogP contribution >= 0.6 is 0 Å². The first-order valence-electron chi connectivity index (χ1n) is 5.76. The van der Waals surface area contributed by atoms with Crippen molar-refractivity contribution in [2.75, 3.05) is 11.9 Å². The highest BCUT2D eigenvalue weighted by atomic mass is 19.1. The van der Waals surface area contributed by atoms with E-state index in [0.717, 1.165) is 5.69 Å². The Hall–Kier alpha value is -1.58. The van der Waals surface area contributed by atoms with Crippen molar-refractivity contribution in [3.8, 4) is 0 Å². The van der Waals surface area contributed by atoms with Crippen molar-refractivity contribution in [3.05, 3.63) is 29.6 Å². The van der Waals surface area contributed by atoms with Crippen molar-refractivity contribution in [1.29, 1.82) is 0 Å². The first-order valence-corrected chi connectivity index (χ1v) is 5.76. The number of hydrogen-bond donors (Lipinski definition) is 1. The summed E-state index contributed by atoms with van der Waals surface area (Å²) in [7, 11) is 1.91. The van der Waals surface area contributed by atoms with Gasteiger partial charge < -0.3 is 10.0 Å². The number of rotatable bonds is 4. The van der Waals surface area contributed by atoms with Crippen LogP contribution in [-0.4, -0.2) is 24.2 Å². The van der Waals surface area contributed by atoms with Crippen LogP contribution in [0.15, 0.2) is 18.2 Å². The van der Waals surface area contributed by atoms with Gasteiger partial charge in [0.1, 0.15) is 5.82 Å². The Morgan fingerprint density at radius 2 is 2.18 bits per heavy atom. The van der Waals surface area contributed by atoms with Crippen molar-refractivity contribution in [2.24, 2.45) is 5.92 Å². The van der Waals surface area contributed by atoms with E-state index in [9.17, 15) is 9.18 Å². The van der Waals surface area contributed by atoms with Crippen LogP contribution in [0.2, 0.25) is 0 Å². The van der Waals surface area contributed by atoms with Crippen LogP contribution < -0.4 is 4.90 Å². The molecular weight excluding hydrogens is 221 g/mol. The molecule has 1 saturated carbocycles. The van der Waals surface area contributed by atoms with Gasteiger partial charge in [0.25, 0.3) is 0 Å². The smallest absolute Gasteiger partial charge is 0.338 e. The second kappa shape index (κ2) is 4.35. The van der Waals surface area contributed by atoms with Gasteiger partial charge in [-0.05, 0) is 43.9 Å². The fourth-order valence-electron chi connectivity index (χ4n) is 2.03. The highest BCUT2D eigenvalue weighted by Gasteiger charge is 2.30. The lowest BCUT2D eigenvalue weighted by molar-refractivity contribution is 0.0692. The third-order valence-corrected chi connectivity index (χ3v) is 3.51. The van der Waals surface area contributed by atoms with Gasteiger partial charge >= 0.3 is 5.97 Å². The Bertz CT molecular complexity index is 443. The largest absolute Gasteiger partial charge is 0.478 e. The fourth-order valence-corrected chi connectivity index (χ4v) is 2.03. The molecule has 0 spiro atoms. The van der Waals surface area contributed by atoms with Crippen LogP contribution in [0, 0.1) is 11.7 Å². The number of hydrogen-bond acceptors (Lipinski definition) is 2. The maximum atomic E-state index is 13.5. The molecule has 2 rings (SSSR count). The number of benzene rings is 1. The third-order valence-electron chi connectivity index (χ3n) is 3.51. The number of carbonyl (C=O) groups is 1. The minimum Gasteiger partial charge on any atom is -0.478 e. The molecule has 1 aliphatic carbocycles. The van der Waals surface area contributed by atoms with E-state index in [2.05, 4.69) is 6.92 Å². The minimum atomic E-state index is -1.23. The molecule has 92 valence electrons. The predicted molar refractivity (Wildman–Crippen MR) is 63.9 cm³/mol. The maximum Gasteiger partial charge on any atom is 0.338 e. The molecule has 1 atom stereocenters. The first-order chi connectivity index (χ1) is 8.00. The summed E-state index contributed by atoms with van der Waals surface area (Å²) in [6.45, 7) is 2.11. The lowest BCUT2D eigenvalue weighted by Gasteiger charge is -2.27. The number of nitrogens with zero attached hydrogens (tertiary/aromatic N) is 1. The van der Waals surface area contributed by atoms with Gasteiger partial charge in [-0.2, -0.15) is 0 Å². The average molecular weight is 237 g/mol. The van der Waals surface area contributed by atoms with Crippen LogP contribution in [-0.2, 0) is 0 Å². The average Bonchev–Trinajstić information content (AvgIpc) is 3.10. The van der Waals surface area contributed by atoms with E-state index in [1.54, 1.807) is 6.07 Å². The Labute approximate surface area is 99.9 Å². The summed E-state index contributed by atoms with van der Waals surface area (Å²) in [5.41, 5.74) is 0.452. The van der Waals surface area contributed by atoms with Crippen LogP contribution in [0.1, 0.15) is 30.1 Å². The Morgan fingerprint density at radius 3 is 2.65 bits per heavy atom. The van der Waals surface area contributed by atoms with Crippen molar-refractivity contribution < 1.29 is 14.3 Å². The molecule has 0 heterocycles. The highest BCUT2D eigenvalue weighted by molar-refractivity contribution is 5.88. The minimum absolute atomic E-state index is 0.277. The van der Waals surface area contributed by atoms with Gasteiger partial charge in [0.05, 0.1) is 5.56 Å². The molecule has 4 heteroatoms. The van der Waals surface area contributed by atoms with Crippen LogP contribution in [0.3, 0.4) is 0 Å². The summed E-state index contributed by atoms with van der Waals surface area (Å²) in [5, 5.41) is 8.75. The summed E-state index contributed by atoms with van der Waals surface area (Å²) in [6.07, 6.45) is 2.45. The summed E-state index contributed by atoms with van der Waals surface area (Å²) < 4.78 is 13.5. The molecule has 0 aromatic heterocycles. The van der Waals surface area contributed by atoms with Gasteiger partial charge in [0, 0.05) is 18.8 Å². The van der Waals surface area contributed by atoms with Crippen molar-refractivity contribution in [1.82, 2.24) is 0 Å². The molecule has 0 amide bonds. The number of anilines is 1. The lowest BCUT2D eigenvalue weighted by atomic mass is 10.1. The Kier molecular flexibility index (Phi) is 3.05. The van der Waals surface area contributed by atoms with Gasteiger partial charge in [0.15, 0.2) is 0 Å². The molecule has 0 saturated heterocycles.